The molecule has 1 aromatic heterocycles. The first-order valence-corrected chi connectivity index (χ1v) is 9.80. The summed E-state index contributed by atoms with van der Waals surface area (Å²) in [5.41, 5.74) is 0.715. The van der Waals surface area contributed by atoms with E-state index in [2.05, 4.69) is 15.5 Å². The van der Waals surface area contributed by atoms with Gasteiger partial charge >= 0.3 is 0 Å². The van der Waals surface area contributed by atoms with Gasteiger partial charge in [-0.2, -0.15) is 0 Å². The number of amides is 2. The number of carbonyl (C=O) groups excluding carboxylic acids is 2. The summed E-state index contributed by atoms with van der Waals surface area (Å²) in [7, 11) is 0. The SMILES string of the molecule is O=C(Nc1cccc(F)c1)c1nnc([C@H]2CCCN2C(=O)c2ccc(F)cc2)s1. The molecule has 0 radical (unpaired) electrons. The molecule has 1 aliphatic rings. The number of nitrogens with one attached hydrogen (secondary N) is 1. The zero-order valence-corrected chi connectivity index (χ0v) is 16.0. The Balaban J connectivity index is 1.49. The molecule has 0 aliphatic carbocycles. The van der Waals surface area contributed by atoms with Crippen LogP contribution in [0.4, 0.5) is 14.5 Å². The van der Waals surface area contributed by atoms with Crippen LogP contribution in [0, 0.1) is 11.6 Å². The average molecular weight is 414 g/mol. The van der Waals surface area contributed by atoms with E-state index in [1.54, 1.807) is 11.0 Å². The lowest BCUT2D eigenvalue weighted by Crippen LogP contribution is -2.30. The molecule has 1 atom stereocenters. The third kappa shape index (κ3) is 4.14. The lowest BCUT2D eigenvalue weighted by atomic mass is 10.1. The number of nitrogens with zero attached hydrogens (tertiary/aromatic N) is 3. The van der Waals surface area contributed by atoms with Gasteiger partial charge in [0, 0.05) is 17.8 Å². The lowest BCUT2D eigenvalue weighted by Gasteiger charge is -2.22. The van der Waals surface area contributed by atoms with Crippen LogP contribution < -0.4 is 5.32 Å². The molecule has 0 saturated carbocycles. The normalized spacial score (nSPS) is 16.1. The molecule has 3 aromatic rings. The maximum Gasteiger partial charge on any atom is 0.286 e. The summed E-state index contributed by atoms with van der Waals surface area (Å²) in [6, 6.07) is 10.7. The van der Waals surface area contributed by atoms with Crippen molar-refractivity contribution >= 4 is 28.8 Å². The number of likely N-dealkylation sites (tertiary alicyclic amines) is 1. The third-order valence-corrected chi connectivity index (χ3v) is 5.63. The minimum absolute atomic E-state index is 0.130. The predicted molar refractivity (Wildman–Crippen MR) is 104 cm³/mol. The summed E-state index contributed by atoms with van der Waals surface area (Å²) >= 11 is 1.10. The van der Waals surface area contributed by atoms with Crippen molar-refractivity contribution in [3.63, 3.8) is 0 Å². The van der Waals surface area contributed by atoms with E-state index in [1.165, 1.54) is 42.5 Å². The van der Waals surface area contributed by atoms with Gasteiger partial charge in [-0.3, -0.25) is 9.59 Å². The van der Waals surface area contributed by atoms with E-state index in [9.17, 15) is 18.4 Å². The van der Waals surface area contributed by atoms with Crippen LogP contribution in [0.2, 0.25) is 0 Å². The number of anilines is 1. The van der Waals surface area contributed by atoms with Crippen LogP contribution in [-0.4, -0.2) is 33.5 Å². The minimum Gasteiger partial charge on any atom is -0.329 e. The van der Waals surface area contributed by atoms with Crippen molar-refractivity contribution in [2.45, 2.75) is 18.9 Å². The minimum atomic E-state index is -0.492. The van der Waals surface area contributed by atoms with Gasteiger partial charge in [0.25, 0.3) is 11.8 Å². The molecule has 2 heterocycles. The van der Waals surface area contributed by atoms with E-state index >= 15 is 0 Å². The van der Waals surface area contributed by atoms with Gasteiger partial charge in [-0.05, 0) is 55.3 Å². The number of benzene rings is 2. The molecule has 0 bridgehead atoms. The van der Waals surface area contributed by atoms with Gasteiger partial charge in [0.15, 0.2) is 0 Å². The first kappa shape index (κ1) is 19.1. The second-order valence-corrected chi connectivity index (χ2v) is 7.58. The van der Waals surface area contributed by atoms with E-state index < -0.39 is 17.5 Å². The molecule has 1 fully saturated rings. The molecule has 0 spiro atoms. The third-order valence-electron chi connectivity index (χ3n) is 4.61. The van der Waals surface area contributed by atoms with Gasteiger partial charge in [0.1, 0.15) is 16.6 Å². The topological polar surface area (TPSA) is 75.2 Å². The summed E-state index contributed by atoms with van der Waals surface area (Å²) in [6.45, 7) is 0.547. The van der Waals surface area contributed by atoms with Crippen molar-refractivity contribution in [1.82, 2.24) is 15.1 Å². The molecule has 6 nitrogen and oxygen atoms in total. The van der Waals surface area contributed by atoms with E-state index in [0.717, 1.165) is 17.8 Å². The van der Waals surface area contributed by atoms with E-state index in [-0.39, 0.29) is 17.0 Å². The highest BCUT2D eigenvalue weighted by molar-refractivity contribution is 7.13. The molecule has 4 rings (SSSR count). The molecule has 0 unspecified atom stereocenters. The van der Waals surface area contributed by atoms with Gasteiger partial charge in [0.2, 0.25) is 5.01 Å². The van der Waals surface area contributed by atoms with Crippen molar-refractivity contribution in [2.24, 2.45) is 0 Å². The Morgan fingerprint density at radius 3 is 2.62 bits per heavy atom. The number of carbonyl (C=O) groups is 2. The molecule has 2 amide bonds. The van der Waals surface area contributed by atoms with Crippen LogP contribution in [0.5, 0.6) is 0 Å². The Bertz CT molecular complexity index is 1050. The summed E-state index contributed by atoms with van der Waals surface area (Å²) in [5, 5.41) is 11.3. The molecule has 2 aromatic carbocycles. The Kier molecular flexibility index (Phi) is 5.30. The van der Waals surface area contributed by atoms with Gasteiger partial charge in [0.05, 0.1) is 6.04 Å². The van der Waals surface area contributed by atoms with Crippen LogP contribution in [0.3, 0.4) is 0 Å². The number of rotatable bonds is 4. The van der Waals surface area contributed by atoms with Gasteiger partial charge in [-0.25, -0.2) is 8.78 Å². The standard InChI is InChI=1S/C20H16F2N4O2S/c21-13-8-6-12(7-9-13)20(28)26-10-2-5-16(26)18-24-25-19(29-18)17(27)23-15-4-1-3-14(22)11-15/h1,3-4,6-9,11,16H,2,5,10H2,(H,23,27)/t16-/m1/s1. The Labute approximate surface area is 169 Å². The number of hydrogen-bond acceptors (Lipinski definition) is 5. The van der Waals surface area contributed by atoms with Crippen molar-refractivity contribution in [3.05, 3.63) is 75.7 Å². The maximum atomic E-state index is 13.3. The monoisotopic (exact) mass is 414 g/mol. The fraction of sp³-hybridized carbons (Fsp3) is 0.200. The zero-order valence-electron chi connectivity index (χ0n) is 15.1. The number of hydrogen-bond donors (Lipinski definition) is 1. The fourth-order valence-electron chi connectivity index (χ4n) is 3.24. The average Bonchev–Trinajstić information content (AvgIpc) is 3.37. The smallest absolute Gasteiger partial charge is 0.286 e. The van der Waals surface area contributed by atoms with Crippen molar-refractivity contribution in [1.29, 1.82) is 0 Å². The molecule has 29 heavy (non-hydrogen) atoms. The number of aromatic nitrogens is 2. The van der Waals surface area contributed by atoms with Crippen molar-refractivity contribution in [3.8, 4) is 0 Å². The Hall–Kier alpha value is -3.20. The van der Waals surface area contributed by atoms with Crippen molar-refractivity contribution < 1.29 is 18.4 Å². The second-order valence-electron chi connectivity index (χ2n) is 6.57. The molecule has 1 saturated heterocycles. The highest BCUT2D eigenvalue weighted by Crippen LogP contribution is 2.34. The van der Waals surface area contributed by atoms with E-state index in [1.807, 2.05) is 0 Å². The molecular formula is C20H16F2N4O2S. The van der Waals surface area contributed by atoms with Crippen LogP contribution in [0.1, 0.15) is 44.1 Å². The Morgan fingerprint density at radius 1 is 1.07 bits per heavy atom. The molecule has 1 N–H and O–H groups in total. The predicted octanol–water partition coefficient (Wildman–Crippen LogP) is 4.05. The lowest BCUT2D eigenvalue weighted by molar-refractivity contribution is 0.0735. The van der Waals surface area contributed by atoms with Gasteiger partial charge < -0.3 is 10.2 Å². The molecule has 148 valence electrons. The van der Waals surface area contributed by atoms with E-state index in [4.69, 9.17) is 0 Å². The van der Waals surface area contributed by atoms with Gasteiger partial charge in [-0.15, -0.1) is 10.2 Å². The molecular weight excluding hydrogens is 398 g/mol. The van der Waals surface area contributed by atoms with Gasteiger partial charge in [-0.1, -0.05) is 17.4 Å². The highest BCUT2D eigenvalue weighted by Gasteiger charge is 2.33. The van der Waals surface area contributed by atoms with Crippen LogP contribution in [0.15, 0.2) is 48.5 Å². The summed E-state index contributed by atoms with van der Waals surface area (Å²) in [6.07, 6.45) is 1.50. The summed E-state index contributed by atoms with van der Waals surface area (Å²) in [5.74, 6) is -1.57. The first-order valence-electron chi connectivity index (χ1n) is 8.98. The molecule has 1 aliphatic heterocycles. The van der Waals surface area contributed by atoms with Crippen molar-refractivity contribution in [2.75, 3.05) is 11.9 Å². The Morgan fingerprint density at radius 2 is 1.86 bits per heavy atom. The summed E-state index contributed by atoms with van der Waals surface area (Å²) in [4.78, 5) is 26.9. The van der Waals surface area contributed by atoms with Crippen LogP contribution in [0.25, 0.3) is 0 Å². The second kappa shape index (κ2) is 8.04. The first-order chi connectivity index (χ1) is 14.0. The number of halogens is 2. The largest absolute Gasteiger partial charge is 0.329 e. The fourth-order valence-corrected chi connectivity index (χ4v) is 4.12. The zero-order chi connectivity index (χ0) is 20.4. The maximum absolute atomic E-state index is 13.3. The molecule has 9 heteroatoms. The van der Waals surface area contributed by atoms with Crippen LogP contribution >= 0.6 is 11.3 Å². The highest BCUT2D eigenvalue weighted by atomic mass is 32.1. The quantitative estimate of drug-likeness (QED) is 0.699. The van der Waals surface area contributed by atoms with E-state index in [0.29, 0.717) is 29.2 Å². The van der Waals surface area contributed by atoms with Crippen LogP contribution in [-0.2, 0) is 0 Å². The summed E-state index contributed by atoms with van der Waals surface area (Å²) < 4.78 is 26.4.